The maximum Gasteiger partial charge on any atom is 0.320 e. The van der Waals surface area contributed by atoms with Gasteiger partial charge in [0.25, 0.3) is 0 Å². The molecule has 0 spiro atoms. The molecule has 0 aromatic heterocycles. The van der Waals surface area contributed by atoms with Crippen molar-refractivity contribution >= 4 is 11.8 Å². The van der Waals surface area contributed by atoms with Gasteiger partial charge in [-0.3, -0.25) is 9.59 Å². The summed E-state index contributed by atoms with van der Waals surface area (Å²) in [4.78, 5) is 26.1. The van der Waals surface area contributed by atoms with Gasteiger partial charge in [-0.2, -0.15) is 0 Å². The van der Waals surface area contributed by atoms with Crippen molar-refractivity contribution in [1.82, 2.24) is 0 Å². The van der Waals surface area contributed by atoms with Gasteiger partial charge in [-0.1, -0.05) is 30.3 Å². The molecule has 24 heavy (non-hydrogen) atoms. The van der Waals surface area contributed by atoms with Crippen LogP contribution in [0.4, 0.5) is 0 Å². The molecule has 1 aliphatic heterocycles. The van der Waals surface area contributed by atoms with Crippen molar-refractivity contribution in [3.05, 3.63) is 35.9 Å². The van der Waals surface area contributed by atoms with Crippen LogP contribution in [0.5, 0.6) is 0 Å². The van der Waals surface area contributed by atoms with Crippen molar-refractivity contribution in [3.63, 3.8) is 0 Å². The summed E-state index contributed by atoms with van der Waals surface area (Å²) in [7, 11) is 0. The number of benzene rings is 1. The summed E-state index contributed by atoms with van der Waals surface area (Å²) >= 11 is 0. The second kappa shape index (κ2) is 7.06. The molecule has 1 heterocycles. The Balaban J connectivity index is 2.43. The van der Waals surface area contributed by atoms with E-state index < -0.39 is 17.0 Å². The lowest BCUT2D eigenvalue weighted by Gasteiger charge is -2.33. The van der Waals surface area contributed by atoms with Crippen molar-refractivity contribution in [1.29, 1.82) is 0 Å². The molecule has 1 aromatic rings. The first-order valence-corrected chi connectivity index (χ1v) is 8.58. The van der Waals surface area contributed by atoms with E-state index in [2.05, 4.69) is 0 Å². The van der Waals surface area contributed by atoms with Gasteiger partial charge >= 0.3 is 5.97 Å². The summed E-state index contributed by atoms with van der Waals surface area (Å²) < 4.78 is 11.5. The Morgan fingerprint density at radius 2 is 1.83 bits per heavy atom. The topological polar surface area (TPSA) is 52.6 Å². The van der Waals surface area contributed by atoms with E-state index in [9.17, 15) is 9.59 Å². The van der Waals surface area contributed by atoms with Crippen LogP contribution in [0.1, 0.15) is 53.0 Å². The van der Waals surface area contributed by atoms with Crippen LogP contribution in [-0.4, -0.2) is 29.6 Å². The molecule has 0 unspecified atom stereocenters. The molecule has 0 saturated carbocycles. The molecule has 1 aromatic carbocycles. The smallest absolute Gasteiger partial charge is 0.320 e. The largest absolute Gasteiger partial charge is 0.459 e. The van der Waals surface area contributed by atoms with Gasteiger partial charge in [-0.25, -0.2) is 0 Å². The average Bonchev–Trinajstić information content (AvgIpc) is 2.55. The van der Waals surface area contributed by atoms with Crippen LogP contribution in [0.15, 0.2) is 30.3 Å². The van der Waals surface area contributed by atoms with Gasteiger partial charge in [0, 0.05) is 6.42 Å². The molecule has 1 saturated heterocycles. The van der Waals surface area contributed by atoms with E-state index in [1.54, 1.807) is 0 Å². The number of esters is 1. The summed E-state index contributed by atoms with van der Waals surface area (Å²) in [5, 5.41) is 0. The van der Waals surface area contributed by atoms with Crippen LogP contribution >= 0.6 is 0 Å². The van der Waals surface area contributed by atoms with Gasteiger partial charge < -0.3 is 9.47 Å². The molecule has 4 nitrogen and oxygen atoms in total. The number of ketones is 1. The Bertz CT molecular complexity index is 587. The third kappa shape index (κ3) is 4.44. The maximum atomic E-state index is 13.1. The predicted molar refractivity (Wildman–Crippen MR) is 92.7 cm³/mol. The van der Waals surface area contributed by atoms with Crippen LogP contribution in [0, 0.1) is 5.41 Å². The lowest BCUT2D eigenvalue weighted by molar-refractivity contribution is -0.171. The number of carbonyl (C=O) groups excluding carboxylic acids is 2. The molecular weight excluding hydrogens is 304 g/mol. The molecule has 0 radical (unpaired) electrons. The Morgan fingerprint density at radius 1 is 1.21 bits per heavy atom. The third-order valence-corrected chi connectivity index (χ3v) is 4.25. The van der Waals surface area contributed by atoms with Gasteiger partial charge in [0.05, 0.1) is 12.2 Å². The van der Waals surface area contributed by atoms with Gasteiger partial charge in [0.15, 0.2) is 5.78 Å². The van der Waals surface area contributed by atoms with Crippen LogP contribution < -0.4 is 0 Å². The molecule has 132 valence electrons. The van der Waals surface area contributed by atoms with Crippen molar-refractivity contribution < 1.29 is 19.1 Å². The standard InChI is InChI=1S/C20H28O4/c1-14-11-17(21)20(12-15(2)23-14,18(22)24-19(3,4)5)13-16-9-7-6-8-10-16/h6-10,14-15H,11-13H2,1-5H3/t14-,15+,20+/m1/s1. The number of Topliss-reactive ketones (excluding diaryl/α,β-unsaturated/α-hetero) is 1. The minimum Gasteiger partial charge on any atom is -0.459 e. The summed E-state index contributed by atoms with van der Waals surface area (Å²) in [6.07, 6.45) is 0.563. The summed E-state index contributed by atoms with van der Waals surface area (Å²) in [6.45, 7) is 9.27. The van der Waals surface area contributed by atoms with Crippen LogP contribution in [0.3, 0.4) is 0 Å². The number of hydrogen-bond acceptors (Lipinski definition) is 4. The number of ether oxygens (including phenoxy) is 2. The highest BCUT2D eigenvalue weighted by molar-refractivity contribution is 6.04. The van der Waals surface area contributed by atoms with Gasteiger partial charge in [-0.05, 0) is 53.0 Å². The SMILES string of the molecule is C[C@@H]1CC(=O)[C@](Cc2ccccc2)(C(=O)OC(C)(C)C)C[C@H](C)O1. The van der Waals surface area contributed by atoms with Crippen molar-refractivity contribution in [2.24, 2.45) is 5.41 Å². The lowest BCUT2D eigenvalue weighted by atomic mass is 9.73. The molecule has 0 bridgehead atoms. The van der Waals surface area contributed by atoms with Crippen LogP contribution in [0.2, 0.25) is 0 Å². The fraction of sp³-hybridized carbons (Fsp3) is 0.600. The average molecular weight is 332 g/mol. The number of carbonyl (C=O) groups is 2. The third-order valence-electron chi connectivity index (χ3n) is 4.25. The van der Waals surface area contributed by atoms with E-state index in [4.69, 9.17) is 9.47 Å². The number of hydrogen-bond donors (Lipinski definition) is 0. The summed E-state index contributed by atoms with van der Waals surface area (Å²) in [5.74, 6) is -0.522. The van der Waals surface area contributed by atoms with Gasteiger partial charge in [0.2, 0.25) is 0 Å². The Labute approximate surface area is 144 Å². The number of rotatable bonds is 3. The molecular formula is C20H28O4. The van der Waals surface area contributed by atoms with E-state index in [1.165, 1.54) is 0 Å². The lowest BCUT2D eigenvalue weighted by Crippen LogP contribution is -2.46. The Hall–Kier alpha value is -1.68. The van der Waals surface area contributed by atoms with E-state index in [1.807, 2.05) is 65.0 Å². The van der Waals surface area contributed by atoms with E-state index >= 15 is 0 Å². The molecule has 4 heteroatoms. The zero-order chi connectivity index (χ0) is 18.0. The fourth-order valence-electron chi connectivity index (χ4n) is 3.31. The van der Waals surface area contributed by atoms with Gasteiger partial charge in [-0.15, -0.1) is 0 Å². The normalized spacial score (nSPS) is 28.3. The van der Waals surface area contributed by atoms with Crippen LogP contribution in [0.25, 0.3) is 0 Å². The highest BCUT2D eigenvalue weighted by atomic mass is 16.6. The zero-order valence-corrected chi connectivity index (χ0v) is 15.3. The monoisotopic (exact) mass is 332 g/mol. The maximum absolute atomic E-state index is 13.1. The first-order chi connectivity index (χ1) is 11.1. The Morgan fingerprint density at radius 3 is 2.42 bits per heavy atom. The molecule has 0 amide bonds. The second-order valence-corrected chi connectivity index (χ2v) is 7.84. The molecule has 1 aliphatic rings. The molecule has 2 rings (SSSR count). The first-order valence-electron chi connectivity index (χ1n) is 8.58. The molecule has 1 fully saturated rings. The molecule has 0 aliphatic carbocycles. The van der Waals surface area contributed by atoms with Gasteiger partial charge in [0.1, 0.15) is 11.0 Å². The fourth-order valence-corrected chi connectivity index (χ4v) is 3.31. The highest BCUT2D eigenvalue weighted by Crippen LogP contribution is 2.38. The zero-order valence-electron chi connectivity index (χ0n) is 15.3. The van der Waals surface area contributed by atoms with Crippen molar-refractivity contribution in [2.45, 2.75) is 71.7 Å². The van der Waals surface area contributed by atoms with E-state index in [0.29, 0.717) is 12.8 Å². The predicted octanol–water partition coefficient (Wildman–Crippen LogP) is 3.71. The summed E-state index contributed by atoms with van der Waals surface area (Å²) in [6, 6.07) is 9.65. The minimum atomic E-state index is -1.18. The quantitative estimate of drug-likeness (QED) is 0.625. The van der Waals surface area contributed by atoms with Crippen molar-refractivity contribution in [2.75, 3.05) is 0 Å². The van der Waals surface area contributed by atoms with Crippen molar-refractivity contribution in [3.8, 4) is 0 Å². The highest BCUT2D eigenvalue weighted by Gasteiger charge is 2.50. The minimum absolute atomic E-state index is 0.0857. The summed E-state index contributed by atoms with van der Waals surface area (Å²) in [5.41, 5.74) is -0.861. The van der Waals surface area contributed by atoms with Crippen LogP contribution in [-0.2, 0) is 25.5 Å². The molecule has 3 atom stereocenters. The first kappa shape index (κ1) is 18.7. The van der Waals surface area contributed by atoms with E-state index in [-0.39, 0.29) is 24.4 Å². The molecule has 0 N–H and O–H groups in total. The second-order valence-electron chi connectivity index (χ2n) is 7.84. The van der Waals surface area contributed by atoms with E-state index in [0.717, 1.165) is 5.56 Å². The Kier molecular flexibility index (Phi) is 5.49.